The Bertz CT molecular complexity index is 1140. The molecule has 28 heavy (non-hydrogen) atoms. The molecule has 1 aromatic heterocycles. The van der Waals surface area contributed by atoms with Crippen molar-refractivity contribution in [1.29, 1.82) is 0 Å². The van der Waals surface area contributed by atoms with Gasteiger partial charge in [-0.05, 0) is 36.8 Å². The highest BCUT2D eigenvalue weighted by molar-refractivity contribution is 5.79. The average molecular weight is 385 g/mol. The number of methoxy groups -OCH3 is 1. The summed E-state index contributed by atoms with van der Waals surface area (Å²) in [5.41, 5.74) is 0.0332. The third-order valence-corrected chi connectivity index (χ3v) is 4.52. The van der Waals surface area contributed by atoms with E-state index in [1.165, 1.54) is 23.8 Å². The van der Waals surface area contributed by atoms with Crippen LogP contribution in [0.4, 0.5) is 4.39 Å². The van der Waals surface area contributed by atoms with Crippen molar-refractivity contribution in [2.75, 3.05) is 7.11 Å². The van der Waals surface area contributed by atoms with Crippen LogP contribution in [-0.2, 0) is 11.3 Å². The lowest BCUT2D eigenvalue weighted by atomic mass is 10.1. The minimum Gasteiger partial charge on any atom is -0.494 e. The minimum absolute atomic E-state index is 0.0267. The molecule has 0 aliphatic heterocycles. The Kier molecular flexibility index (Phi) is 5.58. The third kappa shape index (κ3) is 3.95. The summed E-state index contributed by atoms with van der Waals surface area (Å²) in [6.45, 7) is 1.84. The van der Waals surface area contributed by atoms with Crippen LogP contribution in [0.5, 0.6) is 5.75 Å². The summed E-state index contributed by atoms with van der Waals surface area (Å²) in [6, 6.07) is 10.8. The molecule has 0 aliphatic carbocycles. The highest BCUT2D eigenvalue weighted by Crippen LogP contribution is 2.21. The maximum absolute atomic E-state index is 13.8. The number of fused-ring (bicyclic) bond motifs is 1. The quantitative estimate of drug-likeness (QED) is 0.680. The zero-order chi connectivity index (χ0) is 20.3. The van der Waals surface area contributed by atoms with E-state index in [0.717, 1.165) is 0 Å². The molecular weight excluding hydrogens is 365 g/mol. The highest BCUT2D eigenvalue weighted by Gasteiger charge is 2.14. The number of aromatic amines is 1. The van der Waals surface area contributed by atoms with E-state index in [4.69, 9.17) is 4.74 Å². The van der Waals surface area contributed by atoms with Gasteiger partial charge in [-0.25, -0.2) is 9.18 Å². The van der Waals surface area contributed by atoms with Crippen molar-refractivity contribution in [3.05, 3.63) is 74.7 Å². The number of para-hydroxylation sites is 1. The number of halogens is 1. The molecule has 0 spiro atoms. The molecule has 2 N–H and O–H groups in total. The molecular formula is C20H20FN3O4. The predicted molar refractivity (Wildman–Crippen MR) is 103 cm³/mol. The normalized spacial score (nSPS) is 12.0. The van der Waals surface area contributed by atoms with Crippen LogP contribution in [0.1, 0.15) is 24.9 Å². The molecule has 0 saturated carbocycles. The van der Waals surface area contributed by atoms with Gasteiger partial charge >= 0.3 is 5.69 Å². The van der Waals surface area contributed by atoms with Gasteiger partial charge in [0.2, 0.25) is 5.91 Å². The molecule has 1 atom stereocenters. The van der Waals surface area contributed by atoms with E-state index in [9.17, 15) is 18.8 Å². The van der Waals surface area contributed by atoms with Crippen molar-refractivity contribution in [2.24, 2.45) is 0 Å². The van der Waals surface area contributed by atoms with E-state index in [2.05, 4.69) is 10.3 Å². The van der Waals surface area contributed by atoms with Crippen LogP contribution in [0, 0.1) is 5.82 Å². The zero-order valence-electron chi connectivity index (χ0n) is 15.5. The first-order valence-corrected chi connectivity index (χ1v) is 8.75. The van der Waals surface area contributed by atoms with Crippen molar-refractivity contribution < 1.29 is 13.9 Å². The second kappa shape index (κ2) is 8.08. The summed E-state index contributed by atoms with van der Waals surface area (Å²) >= 11 is 0. The molecule has 1 amide bonds. The summed E-state index contributed by atoms with van der Waals surface area (Å²) in [5, 5.41) is 3.16. The Morgan fingerprint density at radius 1 is 1.25 bits per heavy atom. The van der Waals surface area contributed by atoms with Crippen LogP contribution in [0.15, 0.2) is 52.1 Å². The van der Waals surface area contributed by atoms with E-state index in [1.54, 1.807) is 37.3 Å². The first-order chi connectivity index (χ1) is 13.4. The molecule has 0 saturated heterocycles. The van der Waals surface area contributed by atoms with Crippen LogP contribution in [0.3, 0.4) is 0 Å². The number of ether oxygens (including phenoxy) is 1. The van der Waals surface area contributed by atoms with Gasteiger partial charge < -0.3 is 10.1 Å². The molecule has 146 valence electrons. The maximum atomic E-state index is 13.8. The smallest absolute Gasteiger partial charge is 0.328 e. The lowest BCUT2D eigenvalue weighted by molar-refractivity contribution is -0.121. The van der Waals surface area contributed by atoms with Crippen LogP contribution in [0.25, 0.3) is 10.9 Å². The first-order valence-electron chi connectivity index (χ1n) is 8.75. The zero-order valence-corrected chi connectivity index (χ0v) is 15.5. The van der Waals surface area contributed by atoms with E-state index >= 15 is 0 Å². The number of benzene rings is 2. The van der Waals surface area contributed by atoms with Crippen LogP contribution < -0.4 is 21.3 Å². The van der Waals surface area contributed by atoms with Gasteiger partial charge in [-0.1, -0.05) is 18.2 Å². The summed E-state index contributed by atoms with van der Waals surface area (Å²) in [6.07, 6.45) is 0.0267. The number of carbonyl (C=O) groups excluding carboxylic acids is 1. The highest BCUT2D eigenvalue weighted by atomic mass is 19.1. The van der Waals surface area contributed by atoms with Crippen molar-refractivity contribution in [2.45, 2.75) is 25.9 Å². The van der Waals surface area contributed by atoms with E-state index in [0.29, 0.717) is 16.5 Å². The number of amides is 1. The number of H-pyrrole nitrogens is 1. The van der Waals surface area contributed by atoms with E-state index in [-0.39, 0.29) is 24.6 Å². The van der Waals surface area contributed by atoms with Crippen LogP contribution in [-0.4, -0.2) is 22.6 Å². The van der Waals surface area contributed by atoms with Crippen molar-refractivity contribution >= 4 is 16.8 Å². The van der Waals surface area contributed by atoms with Crippen molar-refractivity contribution in [3.63, 3.8) is 0 Å². The molecule has 1 heterocycles. The number of hydrogen-bond donors (Lipinski definition) is 2. The first kappa shape index (κ1) is 19.3. The molecule has 3 rings (SSSR count). The van der Waals surface area contributed by atoms with Gasteiger partial charge in [-0.3, -0.25) is 19.1 Å². The SMILES string of the molecule is COc1ccc(C(C)NC(=O)CCn2c(=O)[nH]c(=O)c3ccccc32)cc1F. The number of rotatable bonds is 6. The predicted octanol–water partition coefficient (Wildman–Crippen LogP) is 2.10. The fourth-order valence-corrected chi connectivity index (χ4v) is 3.03. The number of aromatic nitrogens is 2. The lowest BCUT2D eigenvalue weighted by Gasteiger charge is -2.16. The molecule has 0 bridgehead atoms. The van der Waals surface area contributed by atoms with Gasteiger partial charge in [0, 0.05) is 13.0 Å². The van der Waals surface area contributed by atoms with Crippen molar-refractivity contribution in [1.82, 2.24) is 14.9 Å². The standard InChI is InChI=1S/C20H20FN3O4/c1-12(13-7-8-17(28-2)15(21)11-13)22-18(25)9-10-24-16-6-4-3-5-14(16)19(26)23-20(24)27/h3-8,11-12H,9-10H2,1-2H3,(H,22,25)(H,23,26,27). The minimum atomic E-state index is -0.568. The average Bonchev–Trinajstić information content (AvgIpc) is 2.67. The van der Waals surface area contributed by atoms with Gasteiger partial charge in [0.1, 0.15) is 0 Å². The Morgan fingerprint density at radius 3 is 2.71 bits per heavy atom. The fourth-order valence-electron chi connectivity index (χ4n) is 3.03. The van der Waals surface area contributed by atoms with Crippen LogP contribution in [0.2, 0.25) is 0 Å². The monoisotopic (exact) mass is 385 g/mol. The van der Waals surface area contributed by atoms with Gasteiger partial charge in [0.15, 0.2) is 11.6 Å². The topological polar surface area (TPSA) is 93.2 Å². The molecule has 2 aromatic carbocycles. The van der Waals surface area contributed by atoms with Crippen LogP contribution >= 0.6 is 0 Å². The summed E-state index contributed by atoms with van der Waals surface area (Å²) in [5.74, 6) is -0.676. The molecule has 1 unspecified atom stereocenters. The van der Waals surface area contributed by atoms with Gasteiger partial charge in [0.05, 0.1) is 24.1 Å². The molecule has 7 nitrogen and oxygen atoms in total. The molecule has 8 heteroatoms. The van der Waals surface area contributed by atoms with Gasteiger partial charge in [0.25, 0.3) is 5.56 Å². The second-order valence-electron chi connectivity index (χ2n) is 6.36. The molecule has 0 aliphatic rings. The Labute approximate surface area is 159 Å². The second-order valence-corrected chi connectivity index (χ2v) is 6.36. The fraction of sp³-hybridized carbons (Fsp3) is 0.250. The Hall–Kier alpha value is -3.42. The molecule has 0 fully saturated rings. The number of aryl methyl sites for hydroxylation is 1. The number of carbonyl (C=O) groups is 1. The number of hydrogen-bond acceptors (Lipinski definition) is 4. The summed E-state index contributed by atoms with van der Waals surface area (Å²) < 4.78 is 20.1. The molecule has 3 aromatic rings. The third-order valence-electron chi connectivity index (χ3n) is 4.52. The Morgan fingerprint density at radius 2 is 2.00 bits per heavy atom. The Balaban J connectivity index is 1.71. The van der Waals surface area contributed by atoms with Crippen molar-refractivity contribution in [3.8, 4) is 5.75 Å². The number of nitrogens with one attached hydrogen (secondary N) is 2. The summed E-state index contributed by atoms with van der Waals surface area (Å²) in [4.78, 5) is 38.6. The maximum Gasteiger partial charge on any atom is 0.328 e. The number of nitrogens with zero attached hydrogens (tertiary/aromatic N) is 1. The van der Waals surface area contributed by atoms with Gasteiger partial charge in [-0.2, -0.15) is 0 Å². The lowest BCUT2D eigenvalue weighted by Crippen LogP contribution is -2.33. The van der Waals surface area contributed by atoms with E-state index in [1.807, 2.05) is 0 Å². The largest absolute Gasteiger partial charge is 0.494 e. The van der Waals surface area contributed by atoms with Gasteiger partial charge in [-0.15, -0.1) is 0 Å². The van der Waals surface area contributed by atoms with E-state index < -0.39 is 23.1 Å². The molecule has 0 radical (unpaired) electrons. The summed E-state index contributed by atoms with van der Waals surface area (Å²) in [7, 11) is 1.38.